The average Bonchev–Trinajstić information content (AvgIpc) is 2.74. The molecule has 6 heteroatoms. The first-order valence-electron chi connectivity index (χ1n) is 8.83. The normalized spacial score (nSPS) is 10.7. The Kier molecular flexibility index (Phi) is 4.83. The third-order valence-electron chi connectivity index (χ3n) is 4.45. The van der Waals surface area contributed by atoms with Gasteiger partial charge in [0.05, 0.1) is 12.5 Å². The molecule has 0 aliphatic heterocycles. The topological polar surface area (TPSA) is 68.5 Å². The summed E-state index contributed by atoms with van der Waals surface area (Å²) in [5.41, 5.74) is 1.73. The summed E-state index contributed by atoms with van der Waals surface area (Å²) in [6, 6.07) is 18.8. The summed E-state index contributed by atoms with van der Waals surface area (Å²) in [5.74, 6) is 0.104. The lowest BCUT2D eigenvalue weighted by atomic mass is 10.1. The molecule has 1 aromatic heterocycles. The van der Waals surface area contributed by atoms with Gasteiger partial charge in [-0.1, -0.05) is 6.07 Å². The van der Waals surface area contributed by atoms with Gasteiger partial charge in [0.2, 0.25) is 0 Å². The molecule has 0 saturated carbocycles. The van der Waals surface area contributed by atoms with Gasteiger partial charge in [-0.3, -0.25) is 9.59 Å². The molecule has 0 aliphatic carbocycles. The van der Waals surface area contributed by atoms with Gasteiger partial charge in [0, 0.05) is 22.9 Å². The van der Waals surface area contributed by atoms with Crippen LogP contribution >= 0.6 is 0 Å². The van der Waals surface area contributed by atoms with Crippen LogP contribution in [0.4, 0.5) is 10.1 Å². The van der Waals surface area contributed by atoms with Crippen molar-refractivity contribution in [1.82, 2.24) is 0 Å². The number of carbonyl (C=O) groups is 1. The highest BCUT2D eigenvalue weighted by atomic mass is 19.1. The molecule has 0 radical (unpaired) electrons. The van der Waals surface area contributed by atoms with Gasteiger partial charge in [-0.2, -0.15) is 0 Å². The van der Waals surface area contributed by atoms with Crippen LogP contribution in [-0.4, -0.2) is 13.0 Å². The van der Waals surface area contributed by atoms with Gasteiger partial charge in [0.25, 0.3) is 5.91 Å². The van der Waals surface area contributed by atoms with Gasteiger partial charge in [-0.15, -0.1) is 0 Å². The molecule has 4 aromatic rings. The summed E-state index contributed by atoms with van der Waals surface area (Å²) in [6.07, 6.45) is 0. The van der Waals surface area contributed by atoms with Gasteiger partial charge in [0.1, 0.15) is 22.9 Å². The van der Waals surface area contributed by atoms with Gasteiger partial charge >= 0.3 is 0 Å². The number of rotatable bonds is 4. The summed E-state index contributed by atoms with van der Waals surface area (Å²) in [4.78, 5) is 24.7. The van der Waals surface area contributed by atoms with E-state index in [4.69, 9.17) is 9.15 Å². The SMILES string of the molecule is COc1ccc2oc(-c3ccc(NC(=O)c4cccc(F)c4)cc3)cc(=O)c2c1. The molecule has 144 valence electrons. The minimum Gasteiger partial charge on any atom is -0.497 e. The summed E-state index contributed by atoms with van der Waals surface area (Å²) in [7, 11) is 1.53. The number of amides is 1. The second-order valence-corrected chi connectivity index (χ2v) is 6.38. The zero-order chi connectivity index (χ0) is 20.4. The fourth-order valence-electron chi connectivity index (χ4n) is 2.96. The maximum atomic E-state index is 13.3. The molecule has 0 aliphatic rings. The van der Waals surface area contributed by atoms with Gasteiger partial charge < -0.3 is 14.5 Å². The lowest BCUT2D eigenvalue weighted by Crippen LogP contribution is -2.11. The van der Waals surface area contributed by atoms with E-state index in [2.05, 4.69) is 5.32 Å². The van der Waals surface area contributed by atoms with Crippen LogP contribution in [0.3, 0.4) is 0 Å². The van der Waals surface area contributed by atoms with E-state index in [9.17, 15) is 14.0 Å². The molecule has 1 amide bonds. The highest BCUT2D eigenvalue weighted by molar-refractivity contribution is 6.04. The molecule has 0 fully saturated rings. The summed E-state index contributed by atoms with van der Waals surface area (Å²) < 4.78 is 24.3. The number of carbonyl (C=O) groups excluding carboxylic acids is 1. The Labute approximate surface area is 165 Å². The summed E-state index contributed by atoms with van der Waals surface area (Å²) >= 11 is 0. The first-order chi connectivity index (χ1) is 14.0. The Morgan fingerprint density at radius 3 is 2.52 bits per heavy atom. The quantitative estimate of drug-likeness (QED) is 0.541. The van der Waals surface area contributed by atoms with Crippen molar-refractivity contribution < 1.29 is 18.3 Å². The highest BCUT2D eigenvalue weighted by Gasteiger charge is 2.10. The van der Waals surface area contributed by atoms with Crippen LogP contribution in [-0.2, 0) is 0 Å². The Balaban J connectivity index is 1.59. The molecule has 3 aromatic carbocycles. The summed E-state index contributed by atoms with van der Waals surface area (Å²) in [6.45, 7) is 0. The Hall–Kier alpha value is -3.93. The van der Waals surface area contributed by atoms with Crippen LogP contribution in [0.25, 0.3) is 22.3 Å². The van der Waals surface area contributed by atoms with Crippen LogP contribution < -0.4 is 15.5 Å². The van der Waals surface area contributed by atoms with Crippen LogP contribution in [0, 0.1) is 5.82 Å². The van der Waals surface area contributed by atoms with E-state index in [1.54, 1.807) is 42.5 Å². The van der Waals surface area contributed by atoms with E-state index in [0.29, 0.717) is 33.7 Å². The van der Waals surface area contributed by atoms with Crippen molar-refractivity contribution in [2.75, 3.05) is 12.4 Å². The maximum Gasteiger partial charge on any atom is 0.255 e. The Morgan fingerprint density at radius 1 is 1.00 bits per heavy atom. The van der Waals surface area contributed by atoms with E-state index in [1.807, 2.05) is 0 Å². The zero-order valence-electron chi connectivity index (χ0n) is 15.4. The zero-order valence-corrected chi connectivity index (χ0v) is 15.4. The molecule has 29 heavy (non-hydrogen) atoms. The molecular weight excluding hydrogens is 373 g/mol. The van der Waals surface area contributed by atoms with Crippen LogP contribution in [0.5, 0.6) is 5.75 Å². The third-order valence-corrected chi connectivity index (χ3v) is 4.45. The molecule has 1 N–H and O–H groups in total. The van der Waals surface area contributed by atoms with Crippen molar-refractivity contribution in [3.63, 3.8) is 0 Å². The number of anilines is 1. The van der Waals surface area contributed by atoms with E-state index in [0.717, 1.165) is 0 Å². The van der Waals surface area contributed by atoms with E-state index in [1.165, 1.54) is 37.4 Å². The summed E-state index contributed by atoms with van der Waals surface area (Å²) in [5, 5.41) is 3.14. The lowest BCUT2D eigenvalue weighted by Gasteiger charge is -2.08. The number of methoxy groups -OCH3 is 1. The maximum absolute atomic E-state index is 13.3. The standard InChI is InChI=1S/C23H16FNO4/c1-28-18-9-10-21-19(12-18)20(26)13-22(29-21)14-5-7-17(8-6-14)25-23(27)15-3-2-4-16(24)11-15/h2-13H,1H3,(H,25,27). The Bertz CT molecular complexity index is 1260. The number of nitrogens with one attached hydrogen (secondary N) is 1. The third kappa shape index (κ3) is 3.87. The fraction of sp³-hybridized carbons (Fsp3) is 0.0435. The van der Waals surface area contributed by atoms with Crippen LogP contribution in [0.15, 0.2) is 82.0 Å². The monoisotopic (exact) mass is 389 g/mol. The van der Waals surface area contributed by atoms with Crippen LogP contribution in [0.2, 0.25) is 0 Å². The van der Waals surface area contributed by atoms with Crippen molar-refractivity contribution in [3.8, 4) is 17.1 Å². The average molecular weight is 389 g/mol. The van der Waals surface area contributed by atoms with Gasteiger partial charge in [-0.25, -0.2) is 4.39 Å². The molecule has 0 atom stereocenters. The van der Waals surface area contributed by atoms with E-state index < -0.39 is 11.7 Å². The fourth-order valence-corrected chi connectivity index (χ4v) is 2.96. The first kappa shape index (κ1) is 18.4. The number of halogens is 1. The number of hydrogen-bond donors (Lipinski definition) is 1. The lowest BCUT2D eigenvalue weighted by molar-refractivity contribution is 0.102. The van der Waals surface area contributed by atoms with Crippen molar-refractivity contribution in [1.29, 1.82) is 0 Å². The number of ether oxygens (including phenoxy) is 1. The smallest absolute Gasteiger partial charge is 0.255 e. The second kappa shape index (κ2) is 7.59. The molecular formula is C23H16FNO4. The molecule has 0 saturated heterocycles. The predicted octanol–water partition coefficient (Wildman–Crippen LogP) is 4.86. The minimum absolute atomic E-state index is 0.177. The van der Waals surface area contributed by atoms with E-state index in [-0.39, 0.29) is 11.0 Å². The second-order valence-electron chi connectivity index (χ2n) is 6.38. The van der Waals surface area contributed by atoms with Crippen molar-refractivity contribution in [3.05, 3.63) is 94.4 Å². The number of fused-ring (bicyclic) bond motifs is 1. The minimum atomic E-state index is -0.475. The molecule has 1 heterocycles. The predicted molar refractivity (Wildman–Crippen MR) is 109 cm³/mol. The van der Waals surface area contributed by atoms with Gasteiger partial charge in [0.15, 0.2) is 5.43 Å². The van der Waals surface area contributed by atoms with Crippen molar-refractivity contribution in [2.45, 2.75) is 0 Å². The number of benzene rings is 3. The van der Waals surface area contributed by atoms with Gasteiger partial charge in [-0.05, 0) is 60.7 Å². The van der Waals surface area contributed by atoms with Crippen molar-refractivity contribution >= 4 is 22.6 Å². The van der Waals surface area contributed by atoms with Crippen LogP contribution in [0.1, 0.15) is 10.4 Å². The van der Waals surface area contributed by atoms with Crippen molar-refractivity contribution in [2.24, 2.45) is 0 Å². The Morgan fingerprint density at radius 2 is 1.79 bits per heavy atom. The number of hydrogen-bond acceptors (Lipinski definition) is 4. The molecule has 0 bridgehead atoms. The molecule has 0 spiro atoms. The largest absolute Gasteiger partial charge is 0.497 e. The molecule has 0 unspecified atom stereocenters. The first-order valence-corrected chi connectivity index (χ1v) is 8.83. The molecule has 4 rings (SSSR count). The highest BCUT2D eigenvalue weighted by Crippen LogP contribution is 2.25. The molecule has 5 nitrogen and oxygen atoms in total. The van der Waals surface area contributed by atoms with E-state index >= 15 is 0 Å².